The van der Waals surface area contributed by atoms with Crippen molar-refractivity contribution in [1.82, 2.24) is 19.5 Å². The molecule has 0 amide bonds. The number of rotatable bonds is 5. The highest BCUT2D eigenvalue weighted by Gasteiger charge is 2.51. The third kappa shape index (κ3) is 5.20. The van der Waals surface area contributed by atoms with E-state index in [-0.39, 0.29) is 0 Å². The lowest BCUT2D eigenvalue weighted by atomic mass is 9.64. The van der Waals surface area contributed by atoms with Gasteiger partial charge in [0, 0.05) is 38.8 Å². The van der Waals surface area contributed by atoms with Gasteiger partial charge in [-0.3, -0.25) is 0 Å². The standard InChI is InChI=1S/C58H37N5/c1-3-17-38(18-4-1)55-59-56(39-31-34-42(35-32-39)62-51-27-13-8-22-44(51)45-23-9-14-28-52(45)62)61-57(60-55)40-33-36-48-46(37-40)43-21-7-10-24-47(43)58(48)49-25-11-15-29-53(49)63(41-19-5-2-6-20-41)54-30-16-12-26-50(54)58/h1-37H. The summed E-state index contributed by atoms with van der Waals surface area (Å²) in [6.07, 6.45) is 0. The van der Waals surface area contributed by atoms with Crippen LogP contribution in [0.15, 0.2) is 224 Å². The van der Waals surface area contributed by atoms with Crippen LogP contribution in [-0.2, 0) is 5.41 Å². The van der Waals surface area contributed by atoms with Gasteiger partial charge in [0.2, 0.25) is 0 Å². The first-order valence-electron chi connectivity index (χ1n) is 21.5. The van der Waals surface area contributed by atoms with E-state index in [0.29, 0.717) is 17.5 Å². The lowest BCUT2D eigenvalue weighted by Gasteiger charge is -2.45. The van der Waals surface area contributed by atoms with Crippen LogP contribution in [0.2, 0.25) is 0 Å². The van der Waals surface area contributed by atoms with Crippen molar-refractivity contribution in [2.24, 2.45) is 0 Å². The molecule has 0 atom stereocenters. The number of fused-ring (bicyclic) bond motifs is 12. The molecular formula is C58H37N5. The van der Waals surface area contributed by atoms with Crippen LogP contribution in [0.4, 0.5) is 17.1 Å². The fourth-order valence-corrected chi connectivity index (χ4v) is 10.4. The van der Waals surface area contributed by atoms with Crippen LogP contribution in [0, 0.1) is 0 Å². The molecule has 11 aromatic rings. The molecule has 9 aromatic carbocycles. The number of anilines is 3. The average Bonchev–Trinajstić information content (AvgIpc) is 3.85. The maximum Gasteiger partial charge on any atom is 0.164 e. The zero-order chi connectivity index (χ0) is 41.5. The van der Waals surface area contributed by atoms with Crippen LogP contribution in [0.3, 0.4) is 0 Å². The van der Waals surface area contributed by atoms with Gasteiger partial charge in [0.1, 0.15) is 0 Å². The summed E-state index contributed by atoms with van der Waals surface area (Å²) in [6, 6.07) is 80.3. The summed E-state index contributed by atoms with van der Waals surface area (Å²) < 4.78 is 2.33. The first-order chi connectivity index (χ1) is 31.3. The van der Waals surface area contributed by atoms with E-state index in [0.717, 1.165) is 28.1 Å². The van der Waals surface area contributed by atoms with Crippen molar-refractivity contribution in [3.8, 4) is 51.0 Å². The third-order valence-corrected chi connectivity index (χ3v) is 13.0. The fourth-order valence-electron chi connectivity index (χ4n) is 10.4. The van der Waals surface area contributed by atoms with E-state index < -0.39 is 5.41 Å². The normalized spacial score (nSPS) is 13.2. The predicted molar refractivity (Wildman–Crippen MR) is 256 cm³/mol. The molecular weight excluding hydrogens is 767 g/mol. The smallest absolute Gasteiger partial charge is 0.164 e. The van der Waals surface area contributed by atoms with Gasteiger partial charge < -0.3 is 9.47 Å². The molecule has 294 valence electrons. The Morgan fingerprint density at radius 2 is 0.778 bits per heavy atom. The van der Waals surface area contributed by atoms with Gasteiger partial charge in [0.25, 0.3) is 0 Å². The van der Waals surface area contributed by atoms with E-state index in [1.807, 2.05) is 18.2 Å². The van der Waals surface area contributed by atoms with Gasteiger partial charge in [-0.05, 0) is 100 Å². The lowest BCUT2D eigenvalue weighted by Crippen LogP contribution is -2.36. The van der Waals surface area contributed by atoms with Gasteiger partial charge in [0.05, 0.1) is 27.8 Å². The summed E-state index contributed by atoms with van der Waals surface area (Å²) in [7, 11) is 0. The number of nitrogens with zero attached hydrogens (tertiary/aromatic N) is 5. The molecule has 3 heterocycles. The van der Waals surface area contributed by atoms with E-state index in [1.54, 1.807) is 0 Å². The van der Waals surface area contributed by atoms with Crippen LogP contribution in [0.5, 0.6) is 0 Å². The second kappa shape index (κ2) is 13.8. The van der Waals surface area contributed by atoms with Gasteiger partial charge in [-0.1, -0.05) is 158 Å². The quantitative estimate of drug-likeness (QED) is 0.174. The predicted octanol–water partition coefficient (Wildman–Crippen LogP) is 14.1. The van der Waals surface area contributed by atoms with E-state index in [1.165, 1.54) is 66.6 Å². The molecule has 0 bridgehead atoms. The largest absolute Gasteiger partial charge is 0.310 e. The minimum atomic E-state index is -0.541. The molecule has 13 rings (SSSR count). The Labute approximate surface area is 364 Å². The molecule has 63 heavy (non-hydrogen) atoms. The molecule has 1 aliphatic carbocycles. The molecule has 5 heteroatoms. The molecule has 5 nitrogen and oxygen atoms in total. The van der Waals surface area contributed by atoms with Gasteiger partial charge >= 0.3 is 0 Å². The maximum atomic E-state index is 5.26. The minimum Gasteiger partial charge on any atom is -0.310 e. The maximum absolute atomic E-state index is 5.26. The second-order valence-corrected chi connectivity index (χ2v) is 16.4. The second-order valence-electron chi connectivity index (χ2n) is 16.4. The highest BCUT2D eigenvalue weighted by molar-refractivity contribution is 6.09. The van der Waals surface area contributed by atoms with Gasteiger partial charge in [-0.15, -0.1) is 0 Å². The Balaban J connectivity index is 0.979. The topological polar surface area (TPSA) is 46.8 Å². The minimum absolute atomic E-state index is 0.541. The van der Waals surface area contributed by atoms with Gasteiger partial charge in [-0.25, -0.2) is 15.0 Å². The van der Waals surface area contributed by atoms with E-state index in [4.69, 9.17) is 15.0 Å². The summed E-state index contributed by atoms with van der Waals surface area (Å²) in [5.41, 5.74) is 16.6. The molecule has 1 spiro atoms. The van der Waals surface area contributed by atoms with E-state index in [2.05, 4.69) is 216 Å². The highest BCUT2D eigenvalue weighted by atomic mass is 15.2. The average molecular weight is 804 g/mol. The van der Waals surface area contributed by atoms with Crippen molar-refractivity contribution < 1.29 is 0 Å². The van der Waals surface area contributed by atoms with Gasteiger partial charge in [0.15, 0.2) is 17.5 Å². The molecule has 0 unspecified atom stereocenters. The van der Waals surface area contributed by atoms with Crippen LogP contribution in [0.25, 0.3) is 72.8 Å². The highest BCUT2D eigenvalue weighted by Crippen LogP contribution is 2.63. The van der Waals surface area contributed by atoms with Crippen LogP contribution < -0.4 is 4.90 Å². The van der Waals surface area contributed by atoms with Crippen LogP contribution in [-0.4, -0.2) is 19.5 Å². The first kappa shape index (κ1) is 35.4. The molecule has 0 radical (unpaired) electrons. The summed E-state index contributed by atoms with van der Waals surface area (Å²) in [5, 5.41) is 2.47. The summed E-state index contributed by atoms with van der Waals surface area (Å²) >= 11 is 0. The summed E-state index contributed by atoms with van der Waals surface area (Å²) in [6.45, 7) is 0. The van der Waals surface area contributed by atoms with E-state index in [9.17, 15) is 0 Å². The number of para-hydroxylation sites is 5. The van der Waals surface area contributed by atoms with Crippen molar-refractivity contribution in [2.45, 2.75) is 5.41 Å². The van der Waals surface area contributed by atoms with E-state index >= 15 is 0 Å². The number of hydrogen-bond acceptors (Lipinski definition) is 4. The lowest BCUT2D eigenvalue weighted by molar-refractivity contribution is 0.752. The molecule has 1 aliphatic heterocycles. The van der Waals surface area contributed by atoms with Crippen molar-refractivity contribution in [1.29, 1.82) is 0 Å². The molecule has 0 saturated carbocycles. The van der Waals surface area contributed by atoms with Crippen LogP contribution >= 0.6 is 0 Å². The van der Waals surface area contributed by atoms with Crippen molar-refractivity contribution >= 4 is 38.9 Å². The Bertz CT molecular complexity index is 3470. The first-order valence-corrected chi connectivity index (χ1v) is 21.5. The van der Waals surface area contributed by atoms with Crippen molar-refractivity contribution in [3.05, 3.63) is 247 Å². The number of hydrogen-bond donors (Lipinski definition) is 0. The molecule has 0 N–H and O–H groups in total. The Morgan fingerprint density at radius 3 is 1.41 bits per heavy atom. The molecule has 0 fully saturated rings. The SMILES string of the molecule is c1ccc(-c2nc(-c3ccc(-n4c5ccccc5c5ccccc54)cc3)nc(-c3ccc4c(c3)-c3ccccc3C43c4ccccc4N(c4ccccc4)c4ccccc43)n2)cc1. The molecule has 2 aromatic heterocycles. The Hall–Kier alpha value is -8.41. The Morgan fingerprint density at radius 1 is 0.317 bits per heavy atom. The number of aromatic nitrogens is 4. The van der Waals surface area contributed by atoms with Gasteiger partial charge in [-0.2, -0.15) is 0 Å². The third-order valence-electron chi connectivity index (χ3n) is 13.0. The summed E-state index contributed by atoms with van der Waals surface area (Å²) in [4.78, 5) is 18.0. The fraction of sp³-hybridized carbons (Fsp3) is 0.0172. The summed E-state index contributed by atoms with van der Waals surface area (Å²) in [5.74, 6) is 1.89. The molecule has 0 saturated heterocycles. The molecule has 2 aliphatic rings. The Kier molecular flexibility index (Phi) is 7.75. The number of benzene rings is 9. The van der Waals surface area contributed by atoms with Crippen molar-refractivity contribution in [3.63, 3.8) is 0 Å². The van der Waals surface area contributed by atoms with Crippen molar-refractivity contribution in [2.75, 3.05) is 4.90 Å². The zero-order valence-corrected chi connectivity index (χ0v) is 34.1. The zero-order valence-electron chi connectivity index (χ0n) is 34.1. The van der Waals surface area contributed by atoms with Crippen LogP contribution in [0.1, 0.15) is 22.3 Å². The monoisotopic (exact) mass is 803 g/mol.